The average Bonchev–Trinajstić information content (AvgIpc) is 3.64. The van der Waals surface area contributed by atoms with Crippen LogP contribution in [0.15, 0.2) is 66.1 Å². The molecule has 0 radical (unpaired) electrons. The van der Waals surface area contributed by atoms with E-state index in [1.54, 1.807) is 25.4 Å². The Labute approximate surface area is 198 Å². The Kier molecular flexibility index (Phi) is 8.02. The number of aliphatic imine (C=N–C) groups is 1. The van der Waals surface area contributed by atoms with Crippen molar-refractivity contribution >= 4 is 18.0 Å². The Morgan fingerprint density at radius 2 is 2.03 bits per heavy atom. The van der Waals surface area contributed by atoms with E-state index in [0.29, 0.717) is 24.3 Å². The van der Waals surface area contributed by atoms with Gasteiger partial charge in [-0.2, -0.15) is 0 Å². The number of ether oxygens (including phenoxy) is 2. The predicted molar refractivity (Wildman–Crippen MR) is 130 cm³/mol. The molecule has 2 aromatic rings. The molecule has 4 N–H and O–H groups in total. The molecular weight excluding hydrogens is 434 g/mol. The Morgan fingerprint density at radius 3 is 2.62 bits per heavy atom. The number of amides is 2. The van der Waals surface area contributed by atoms with Gasteiger partial charge in [-0.1, -0.05) is 13.5 Å². The van der Waals surface area contributed by atoms with Crippen LogP contribution in [0.2, 0.25) is 0 Å². The summed E-state index contributed by atoms with van der Waals surface area (Å²) in [6.07, 6.45) is 7.22. The lowest BCUT2D eigenvalue weighted by Gasteiger charge is -2.17. The summed E-state index contributed by atoms with van der Waals surface area (Å²) in [6.45, 7) is 5.72. The lowest BCUT2D eigenvalue weighted by Crippen LogP contribution is -2.49. The largest absolute Gasteiger partial charge is 0.497 e. The number of nitrogens with zero attached hydrogens (tertiary/aromatic N) is 2. The molecule has 1 fully saturated rings. The van der Waals surface area contributed by atoms with Crippen LogP contribution in [0, 0.1) is 0 Å². The minimum absolute atomic E-state index is 0.152. The smallest absolute Gasteiger partial charge is 0.255 e. The maximum atomic E-state index is 12.7. The van der Waals surface area contributed by atoms with Crippen LogP contribution in [0.1, 0.15) is 31.0 Å². The zero-order valence-electron chi connectivity index (χ0n) is 19.3. The lowest BCUT2D eigenvalue weighted by atomic mass is 10.1. The highest BCUT2D eigenvalue weighted by Gasteiger charge is 2.51. The molecule has 1 aromatic carbocycles. The summed E-state index contributed by atoms with van der Waals surface area (Å²) < 4.78 is 11.2. The van der Waals surface area contributed by atoms with Crippen LogP contribution >= 0.6 is 0 Å². The number of methoxy groups -OCH3 is 1. The summed E-state index contributed by atoms with van der Waals surface area (Å²) in [6, 6.07) is 9.23. The van der Waals surface area contributed by atoms with Crippen molar-refractivity contribution in [2.75, 3.05) is 7.11 Å². The molecule has 1 aliphatic carbocycles. The van der Waals surface area contributed by atoms with Crippen molar-refractivity contribution in [3.63, 3.8) is 0 Å². The van der Waals surface area contributed by atoms with Crippen LogP contribution in [0.5, 0.6) is 17.2 Å². The molecule has 1 heterocycles. The van der Waals surface area contributed by atoms with Crippen LogP contribution in [-0.4, -0.2) is 35.7 Å². The number of hydrogen-bond acceptors (Lipinski definition) is 7. The van der Waals surface area contributed by atoms with Gasteiger partial charge in [0.25, 0.3) is 5.91 Å². The quantitative estimate of drug-likeness (QED) is 0.347. The van der Waals surface area contributed by atoms with Crippen molar-refractivity contribution in [1.82, 2.24) is 15.6 Å². The minimum atomic E-state index is -0.943. The zero-order chi connectivity index (χ0) is 24.6. The van der Waals surface area contributed by atoms with Crippen LogP contribution in [0.25, 0.3) is 0 Å². The average molecular weight is 464 g/mol. The first-order valence-electron chi connectivity index (χ1n) is 10.9. The number of nitrogens with two attached hydrogens (primary N) is 1. The summed E-state index contributed by atoms with van der Waals surface area (Å²) in [5.74, 6) is 1.36. The molecule has 0 spiro atoms. The third-order valence-corrected chi connectivity index (χ3v) is 5.40. The van der Waals surface area contributed by atoms with Crippen molar-refractivity contribution in [3.8, 4) is 17.2 Å². The van der Waals surface area contributed by atoms with Crippen molar-refractivity contribution < 1.29 is 19.1 Å². The molecule has 1 aromatic heterocycles. The highest BCUT2D eigenvalue weighted by atomic mass is 16.5. The molecule has 0 atom stereocenters. The summed E-state index contributed by atoms with van der Waals surface area (Å²) in [4.78, 5) is 33.2. The number of pyridine rings is 1. The highest BCUT2D eigenvalue weighted by Crippen LogP contribution is 2.36. The molecule has 1 aliphatic rings. The molecule has 34 heavy (non-hydrogen) atoms. The molecule has 9 heteroatoms. The molecule has 1 saturated carbocycles. The molecule has 178 valence electrons. The maximum absolute atomic E-state index is 12.7. The Bertz CT molecular complexity index is 1100. The van der Waals surface area contributed by atoms with E-state index in [-0.39, 0.29) is 18.0 Å². The summed E-state index contributed by atoms with van der Waals surface area (Å²) in [5.41, 5.74) is 6.38. The van der Waals surface area contributed by atoms with Gasteiger partial charge in [-0.05, 0) is 55.2 Å². The molecule has 0 saturated heterocycles. The number of hydrogen-bond donors (Lipinski definition) is 3. The Morgan fingerprint density at radius 1 is 1.26 bits per heavy atom. The first kappa shape index (κ1) is 24.5. The highest BCUT2D eigenvalue weighted by molar-refractivity contribution is 6.13. The standard InChI is InChI=1S/C25H29N5O4/c1-4-17-12-20(33-3)8-9-22(17)34-21-7-6-19(28-16-21)15-29-24(32)25(10-11-25)30-23(31)18(13-26)14-27-5-2/h5-9,12-14,16H,2,4,10-11,15,26H2,1,3H3,(H,29,32)(H,30,31)/b18-13+,27-14-. The van der Waals surface area contributed by atoms with Gasteiger partial charge in [0, 0.05) is 18.6 Å². The van der Waals surface area contributed by atoms with Crippen molar-refractivity contribution in [1.29, 1.82) is 0 Å². The number of carbonyl (C=O) groups is 2. The second-order valence-electron chi connectivity index (χ2n) is 7.72. The number of benzene rings is 1. The molecule has 3 rings (SSSR count). The fraction of sp³-hybridized carbons (Fsp3) is 0.280. The van der Waals surface area contributed by atoms with E-state index >= 15 is 0 Å². The fourth-order valence-electron chi connectivity index (χ4n) is 3.24. The van der Waals surface area contributed by atoms with E-state index in [0.717, 1.165) is 29.7 Å². The van der Waals surface area contributed by atoms with Gasteiger partial charge >= 0.3 is 0 Å². The van der Waals surface area contributed by atoms with Crippen LogP contribution in [0.4, 0.5) is 0 Å². The molecule has 9 nitrogen and oxygen atoms in total. The van der Waals surface area contributed by atoms with Gasteiger partial charge < -0.3 is 25.8 Å². The summed E-state index contributed by atoms with van der Waals surface area (Å²) >= 11 is 0. The second kappa shape index (κ2) is 11.1. The van der Waals surface area contributed by atoms with Crippen molar-refractivity contribution in [3.05, 3.63) is 72.3 Å². The topological polar surface area (TPSA) is 128 Å². The van der Waals surface area contributed by atoms with E-state index in [1.807, 2.05) is 25.1 Å². The molecule has 0 bridgehead atoms. The third kappa shape index (κ3) is 6.00. The number of nitrogens with one attached hydrogen (secondary N) is 2. The van der Waals surface area contributed by atoms with Gasteiger partial charge in [0.05, 0.1) is 31.1 Å². The zero-order valence-corrected chi connectivity index (χ0v) is 19.3. The van der Waals surface area contributed by atoms with Gasteiger partial charge in [-0.15, -0.1) is 0 Å². The van der Waals surface area contributed by atoms with Crippen molar-refractivity contribution in [2.24, 2.45) is 10.7 Å². The molecule has 0 unspecified atom stereocenters. The van der Waals surface area contributed by atoms with Crippen LogP contribution < -0.4 is 25.8 Å². The first-order chi connectivity index (χ1) is 16.4. The number of rotatable bonds is 11. The van der Waals surface area contributed by atoms with E-state index in [9.17, 15) is 9.59 Å². The SMILES string of the molecule is C=C/N=C\C(=C/N)C(=O)NC1(C(=O)NCc2ccc(Oc3ccc(OC)cc3CC)cn2)CC1. The third-order valence-electron chi connectivity index (χ3n) is 5.40. The van der Waals surface area contributed by atoms with Gasteiger partial charge in [0.2, 0.25) is 5.91 Å². The van der Waals surface area contributed by atoms with Crippen molar-refractivity contribution in [2.45, 2.75) is 38.3 Å². The Hall–Kier alpha value is -4.14. The lowest BCUT2D eigenvalue weighted by molar-refractivity contribution is -0.128. The maximum Gasteiger partial charge on any atom is 0.255 e. The normalized spacial score (nSPS) is 14.4. The minimum Gasteiger partial charge on any atom is -0.497 e. The monoisotopic (exact) mass is 463 g/mol. The number of aryl methyl sites for hydroxylation is 1. The van der Waals surface area contributed by atoms with E-state index in [4.69, 9.17) is 15.2 Å². The second-order valence-corrected chi connectivity index (χ2v) is 7.72. The summed E-state index contributed by atoms with van der Waals surface area (Å²) in [5, 5.41) is 5.58. The van der Waals surface area contributed by atoms with E-state index in [2.05, 4.69) is 27.2 Å². The molecule has 2 amide bonds. The van der Waals surface area contributed by atoms with Crippen LogP contribution in [-0.2, 0) is 22.6 Å². The fourth-order valence-corrected chi connectivity index (χ4v) is 3.24. The van der Waals surface area contributed by atoms with Gasteiger partial charge in [0.1, 0.15) is 22.8 Å². The predicted octanol–water partition coefficient (Wildman–Crippen LogP) is 2.77. The van der Waals surface area contributed by atoms with Gasteiger partial charge in [-0.3, -0.25) is 19.6 Å². The van der Waals surface area contributed by atoms with E-state index in [1.165, 1.54) is 12.4 Å². The molecule has 0 aliphatic heterocycles. The Balaban J connectivity index is 1.56. The van der Waals surface area contributed by atoms with Gasteiger partial charge in [0.15, 0.2) is 0 Å². The number of aromatic nitrogens is 1. The van der Waals surface area contributed by atoms with Gasteiger partial charge in [-0.25, -0.2) is 0 Å². The van der Waals surface area contributed by atoms with E-state index < -0.39 is 11.4 Å². The number of carbonyl (C=O) groups excluding carboxylic acids is 2. The first-order valence-corrected chi connectivity index (χ1v) is 10.9. The molecular formula is C25H29N5O4. The van der Waals surface area contributed by atoms with Crippen LogP contribution in [0.3, 0.4) is 0 Å². The summed E-state index contributed by atoms with van der Waals surface area (Å²) in [7, 11) is 1.63.